The van der Waals surface area contributed by atoms with Crippen molar-refractivity contribution in [2.75, 3.05) is 20.3 Å². The molecule has 7 nitrogen and oxygen atoms in total. The van der Waals surface area contributed by atoms with Gasteiger partial charge in [-0.1, -0.05) is 42.2 Å². The Morgan fingerprint density at radius 1 is 1.22 bits per heavy atom. The number of pyridine rings is 1. The Hall–Kier alpha value is -3.08. The number of para-hydroxylation sites is 1. The molecule has 0 atom stereocenters. The minimum Gasteiger partial charge on any atom is -0.435 e. The summed E-state index contributed by atoms with van der Waals surface area (Å²) in [7, 11) is 1.53. The van der Waals surface area contributed by atoms with Crippen LogP contribution >= 0.6 is 24.0 Å². The lowest BCUT2D eigenvalue weighted by Gasteiger charge is -2.13. The van der Waals surface area contributed by atoms with Gasteiger partial charge in [-0.2, -0.15) is 4.98 Å². The molecule has 3 aromatic rings. The fourth-order valence-electron chi connectivity index (χ4n) is 3.13. The summed E-state index contributed by atoms with van der Waals surface area (Å²) < 4.78 is 26.7. The van der Waals surface area contributed by atoms with Crippen molar-refractivity contribution in [3.05, 3.63) is 74.8 Å². The van der Waals surface area contributed by atoms with E-state index in [0.717, 1.165) is 17.3 Å². The summed E-state index contributed by atoms with van der Waals surface area (Å²) in [6.45, 7) is 2.42. The number of hydrogen-bond acceptors (Lipinski definition) is 7. The van der Waals surface area contributed by atoms with Gasteiger partial charge in [-0.25, -0.2) is 4.39 Å². The number of methoxy groups -OCH3 is 1. The van der Waals surface area contributed by atoms with Crippen LogP contribution in [0.25, 0.3) is 11.7 Å². The first-order chi connectivity index (χ1) is 15.4. The number of thiocarbonyl (C=S) groups is 1. The normalized spacial score (nSPS) is 15.2. The van der Waals surface area contributed by atoms with E-state index in [1.54, 1.807) is 31.3 Å². The second-order valence-corrected chi connectivity index (χ2v) is 8.55. The fourth-order valence-corrected chi connectivity index (χ4v) is 4.42. The summed E-state index contributed by atoms with van der Waals surface area (Å²) in [5.74, 6) is -1.13. The van der Waals surface area contributed by atoms with E-state index in [1.165, 1.54) is 40.7 Å². The Morgan fingerprint density at radius 3 is 2.75 bits per heavy atom. The van der Waals surface area contributed by atoms with Gasteiger partial charge in [0.15, 0.2) is 11.6 Å². The second kappa shape index (κ2) is 9.19. The van der Waals surface area contributed by atoms with Crippen LogP contribution in [-0.2, 0) is 9.53 Å². The van der Waals surface area contributed by atoms with Crippen LogP contribution < -0.4 is 10.3 Å². The second-order valence-electron chi connectivity index (χ2n) is 6.88. The Labute approximate surface area is 192 Å². The van der Waals surface area contributed by atoms with E-state index in [1.807, 2.05) is 0 Å². The van der Waals surface area contributed by atoms with Gasteiger partial charge in [0.1, 0.15) is 15.5 Å². The zero-order chi connectivity index (χ0) is 22.8. The van der Waals surface area contributed by atoms with Crippen molar-refractivity contribution in [1.82, 2.24) is 14.3 Å². The highest BCUT2D eigenvalue weighted by atomic mass is 32.2. The summed E-state index contributed by atoms with van der Waals surface area (Å²) in [5, 5.41) is 0. The van der Waals surface area contributed by atoms with Crippen LogP contribution in [0.5, 0.6) is 11.6 Å². The van der Waals surface area contributed by atoms with E-state index >= 15 is 0 Å². The van der Waals surface area contributed by atoms with Gasteiger partial charge in [-0.05, 0) is 36.8 Å². The average molecular weight is 472 g/mol. The zero-order valence-corrected chi connectivity index (χ0v) is 18.8. The Balaban J connectivity index is 1.86. The van der Waals surface area contributed by atoms with E-state index < -0.39 is 11.4 Å². The highest BCUT2D eigenvalue weighted by Crippen LogP contribution is 2.34. The number of benzene rings is 1. The Bertz CT molecular complexity index is 1320. The highest BCUT2D eigenvalue weighted by molar-refractivity contribution is 8.26. The number of aromatic nitrogens is 2. The maximum Gasteiger partial charge on any atom is 0.269 e. The minimum absolute atomic E-state index is 0.0172. The molecule has 0 saturated carbocycles. The van der Waals surface area contributed by atoms with E-state index in [4.69, 9.17) is 21.7 Å². The van der Waals surface area contributed by atoms with Gasteiger partial charge in [-0.3, -0.25) is 18.9 Å². The zero-order valence-electron chi connectivity index (χ0n) is 17.2. The van der Waals surface area contributed by atoms with E-state index in [9.17, 15) is 14.0 Å². The quantitative estimate of drug-likeness (QED) is 0.400. The van der Waals surface area contributed by atoms with E-state index in [0.29, 0.717) is 23.1 Å². The predicted octanol–water partition coefficient (Wildman–Crippen LogP) is 3.78. The van der Waals surface area contributed by atoms with Gasteiger partial charge >= 0.3 is 0 Å². The molecule has 1 fully saturated rings. The molecule has 4 rings (SSSR count). The fraction of sp³-hybridized carbons (Fsp3) is 0.182. The SMILES string of the molecule is COCCN1C(=O)/C(=C\c2c(Oc3ccccc3F)nc3c(C)cccn3c2=O)SC1=S. The smallest absolute Gasteiger partial charge is 0.269 e. The number of rotatable bonds is 6. The number of amides is 1. The number of thioether (sulfide) groups is 1. The van der Waals surface area contributed by atoms with Gasteiger partial charge in [0, 0.05) is 13.3 Å². The van der Waals surface area contributed by atoms with Crippen LogP contribution in [-0.4, -0.2) is 44.8 Å². The van der Waals surface area contributed by atoms with Crippen LogP contribution in [0.15, 0.2) is 52.3 Å². The standard InChI is InChI=1S/C22H18FN3O4S2/c1-13-6-5-9-25-18(13)24-19(30-16-8-4-3-7-15(16)23)14(20(25)27)12-17-21(28)26(10-11-29-2)22(31)32-17/h3-9,12H,10-11H2,1-2H3/b17-12+. The van der Waals surface area contributed by atoms with Gasteiger partial charge in [0.2, 0.25) is 5.88 Å². The highest BCUT2D eigenvalue weighted by Gasteiger charge is 2.32. The first-order valence-electron chi connectivity index (χ1n) is 9.59. The molecule has 3 heterocycles. The van der Waals surface area contributed by atoms with Crippen molar-refractivity contribution in [2.45, 2.75) is 6.92 Å². The molecule has 0 spiro atoms. The molecule has 1 aliphatic heterocycles. The third-order valence-corrected chi connectivity index (χ3v) is 6.14. The lowest BCUT2D eigenvalue weighted by Crippen LogP contribution is -2.31. The van der Waals surface area contributed by atoms with Crippen molar-refractivity contribution in [2.24, 2.45) is 0 Å². The lowest BCUT2D eigenvalue weighted by atomic mass is 10.2. The number of hydrogen-bond donors (Lipinski definition) is 0. The van der Waals surface area contributed by atoms with Crippen LogP contribution in [0, 0.1) is 12.7 Å². The molecule has 0 radical (unpaired) electrons. The maximum atomic E-state index is 14.2. The number of halogens is 1. The van der Waals surface area contributed by atoms with Gasteiger partial charge in [0.05, 0.1) is 18.1 Å². The van der Waals surface area contributed by atoms with Gasteiger partial charge < -0.3 is 9.47 Å². The number of fused-ring (bicyclic) bond motifs is 1. The molecule has 164 valence electrons. The molecule has 1 aliphatic rings. The van der Waals surface area contributed by atoms with Crippen molar-refractivity contribution in [3.8, 4) is 11.6 Å². The largest absolute Gasteiger partial charge is 0.435 e. The molecule has 2 aromatic heterocycles. The van der Waals surface area contributed by atoms with Crippen molar-refractivity contribution in [1.29, 1.82) is 0 Å². The number of carbonyl (C=O) groups is 1. The minimum atomic E-state index is -0.601. The third-order valence-electron chi connectivity index (χ3n) is 4.76. The monoisotopic (exact) mass is 471 g/mol. The molecule has 0 bridgehead atoms. The summed E-state index contributed by atoms with van der Waals surface area (Å²) >= 11 is 6.37. The van der Waals surface area contributed by atoms with Crippen LogP contribution in [0.1, 0.15) is 11.1 Å². The first kappa shape index (κ1) is 22.1. The van der Waals surface area contributed by atoms with Gasteiger partial charge in [0.25, 0.3) is 11.5 Å². The van der Waals surface area contributed by atoms with Crippen molar-refractivity contribution < 1.29 is 18.7 Å². The van der Waals surface area contributed by atoms with Crippen LogP contribution in [0.3, 0.4) is 0 Å². The molecule has 10 heteroatoms. The molecule has 32 heavy (non-hydrogen) atoms. The van der Waals surface area contributed by atoms with Crippen molar-refractivity contribution >= 4 is 45.9 Å². The van der Waals surface area contributed by atoms with E-state index in [-0.39, 0.29) is 28.0 Å². The molecular weight excluding hydrogens is 453 g/mol. The summed E-state index contributed by atoms with van der Waals surface area (Å²) in [5.41, 5.74) is 0.671. The predicted molar refractivity (Wildman–Crippen MR) is 124 cm³/mol. The maximum absolute atomic E-state index is 14.2. The Morgan fingerprint density at radius 2 is 2.00 bits per heavy atom. The molecule has 1 aromatic carbocycles. The first-order valence-corrected chi connectivity index (χ1v) is 10.8. The summed E-state index contributed by atoms with van der Waals surface area (Å²) in [6, 6.07) is 9.34. The van der Waals surface area contributed by atoms with Crippen LogP contribution in [0.2, 0.25) is 0 Å². The molecule has 0 aliphatic carbocycles. The van der Waals surface area contributed by atoms with E-state index in [2.05, 4.69) is 4.98 Å². The summed E-state index contributed by atoms with van der Waals surface area (Å²) in [4.78, 5) is 32.3. The number of aryl methyl sites for hydroxylation is 1. The average Bonchev–Trinajstić information content (AvgIpc) is 3.04. The van der Waals surface area contributed by atoms with Crippen LogP contribution in [0.4, 0.5) is 4.39 Å². The Kier molecular flexibility index (Phi) is 6.35. The molecule has 0 N–H and O–H groups in total. The topological polar surface area (TPSA) is 73.1 Å². The van der Waals surface area contributed by atoms with Gasteiger partial charge in [-0.15, -0.1) is 0 Å². The summed E-state index contributed by atoms with van der Waals surface area (Å²) in [6.07, 6.45) is 2.97. The molecule has 0 unspecified atom stereocenters. The van der Waals surface area contributed by atoms with Crippen molar-refractivity contribution in [3.63, 3.8) is 0 Å². The molecule has 1 amide bonds. The molecular formula is C22H18FN3O4S2. The lowest BCUT2D eigenvalue weighted by molar-refractivity contribution is -0.122. The number of carbonyl (C=O) groups excluding carboxylic acids is 1. The number of nitrogens with zero attached hydrogens (tertiary/aromatic N) is 3. The third kappa shape index (κ3) is 4.16. The number of ether oxygens (including phenoxy) is 2. The molecule has 1 saturated heterocycles.